The van der Waals surface area contributed by atoms with Crippen molar-refractivity contribution in [2.24, 2.45) is 21.7 Å². The van der Waals surface area contributed by atoms with Gasteiger partial charge in [0.25, 0.3) is 0 Å². The number of fused-ring (bicyclic) bond motifs is 10. The molecule has 2 N–H and O–H groups in total. The molecular formula is C52H64N4O4. The number of hydrogen-bond donors (Lipinski definition) is 2. The van der Waals surface area contributed by atoms with E-state index in [1.165, 1.54) is 33.7 Å². The second-order valence-electron chi connectivity index (χ2n) is 22.7. The Bertz CT molecular complexity index is 2310. The number of ketones is 2. The lowest BCUT2D eigenvalue weighted by Crippen LogP contribution is -2.45. The number of rotatable bonds is 2. The molecule has 4 heterocycles. The highest BCUT2D eigenvalue weighted by Gasteiger charge is 2.55. The number of hydrogen-bond acceptors (Lipinski definition) is 6. The first-order valence-electron chi connectivity index (χ1n) is 22.3. The summed E-state index contributed by atoms with van der Waals surface area (Å²) in [7, 11) is 0. The zero-order valence-electron chi connectivity index (χ0n) is 37.6. The lowest BCUT2D eigenvalue weighted by molar-refractivity contribution is -0.119. The number of Topliss-reactive ketones (excluding diaryl/α,β-unsaturated/α-hetero) is 2. The molecule has 0 saturated heterocycles. The van der Waals surface area contributed by atoms with Crippen LogP contribution in [-0.4, -0.2) is 45.2 Å². The summed E-state index contributed by atoms with van der Waals surface area (Å²) in [5, 5.41) is 16.4. The van der Waals surface area contributed by atoms with Gasteiger partial charge in [0.15, 0.2) is 11.6 Å². The van der Waals surface area contributed by atoms with Crippen LogP contribution in [0.3, 0.4) is 0 Å². The molecule has 6 aliphatic rings. The predicted octanol–water partition coefficient (Wildman–Crippen LogP) is 10.6. The van der Waals surface area contributed by atoms with Gasteiger partial charge in [-0.2, -0.15) is 10.2 Å². The number of aromatic amines is 2. The van der Waals surface area contributed by atoms with Gasteiger partial charge < -0.3 is 9.47 Å². The number of benzene rings is 2. The molecule has 2 atom stereocenters. The quantitative estimate of drug-likeness (QED) is 0.209. The third-order valence-electron chi connectivity index (χ3n) is 13.8. The summed E-state index contributed by atoms with van der Waals surface area (Å²) in [5.74, 6) is 2.44. The van der Waals surface area contributed by atoms with Crippen molar-refractivity contribution in [1.29, 1.82) is 0 Å². The van der Waals surface area contributed by atoms with E-state index in [2.05, 4.69) is 104 Å². The standard InChI is InChI=1S/2C26H32N2O2/c2*1-24(2,3)14-19-23-18(27-28-19)12-16-13-25(4,5)15-20(29)22(16)26(23)10-11-30-21-9-7-6-8-17(21)26/h2*6-9H,10-15H2,1-5H3,(H,27,28)/t2*26-/m10/s1. The van der Waals surface area contributed by atoms with Gasteiger partial charge in [0, 0.05) is 70.5 Å². The second-order valence-corrected chi connectivity index (χ2v) is 22.7. The molecule has 8 nitrogen and oxygen atoms in total. The molecule has 316 valence electrons. The largest absolute Gasteiger partial charge is 0.493 e. The average molecular weight is 809 g/mol. The number of nitrogens with one attached hydrogen (secondary N) is 2. The van der Waals surface area contributed by atoms with Gasteiger partial charge >= 0.3 is 0 Å². The Balaban J connectivity index is 0.000000154. The molecule has 0 radical (unpaired) electrons. The third-order valence-corrected chi connectivity index (χ3v) is 13.8. The molecule has 0 unspecified atom stereocenters. The topological polar surface area (TPSA) is 110 Å². The average Bonchev–Trinajstić information content (AvgIpc) is 3.73. The van der Waals surface area contributed by atoms with Gasteiger partial charge in [0.1, 0.15) is 11.5 Å². The van der Waals surface area contributed by atoms with Crippen LogP contribution in [-0.2, 0) is 46.1 Å². The fourth-order valence-corrected chi connectivity index (χ4v) is 12.1. The van der Waals surface area contributed by atoms with Crippen LogP contribution in [0.1, 0.15) is 153 Å². The summed E-state index contributed by atoms with van der Waals surface area (Å²) in [6.45, 7) is 23.6. The minimum Gasteiger partial charge on any atom is -0.493 e. The Labute approximate surface area is 356 Å². The maximum Gasteiger partial charge on any atom is 0.160 e. The Morgan fingerprint density at radius 3 is 1.35 bits per heavy atom. The van der Waals surface area contributed by atoms with Crippen molar-refractivity contribution >= 4 is 11.6 Å². The number of para-hydroxylation sites is 2. The molecule has 2 aliphatic heterocycles. The van der Waals surface area contributed by atoms with E-state index in [1.807, 2.05) is 24.3 Å². The van der Waals surface area contributed by atoms with E-state index < -0.39 is 10.8 Å². The second kappa shape index (κ2) is 13.9. The number of nitrogens with zero attached hydrogens (tertiary/aromatic N) is 2. The highest BCUT2D eigenvalue weighted by Crippen LogP contribution is 2.59. The van der Waals surface area contributed by atoms with Gasteiger partial charge in [-0.05, 0) is 72.3 Å². The molecule has 0 fully saturated rings. The highest BCUT2D eigenvalue weighted by molar-refractivity contribution is 6.03. The number of aromatic nitrogens is 4. The van der Waals surface area contributed by atoms with Crippen LogP contribution in [0.5, 0.6) is 11.5 Å². The lowest BCUT2D eigenvalue weighted by Gasteiger charge is -2.48. The maximum atomic E-state index is 13.7. The zero-order valence-corrected chi connectivity index (χ0v) is 37.6. The van der Waals surface area contributed by atoms with Crippen molar-refractivity contribution in [2.45, 2.75) is 144 Å². The van der Waals surface area contributed by atoms with Gasteiger partial charge in [-0.1, -0.05) is 117 Å². The van der Waals surface area contributed by atoms with Gasteiger partial charge in [-0.15, -0.1) is 0 Å². The van der Waals surface area contributed by atoms with Gasteiger partial charge in [-0.3, -0.25) is 19.8 Å². The van der Waals surface area contributed by atoms with E-state index in [1.54, 1.807) is 0 Å². The third kappa shape index (κ3) is 6.71. The van der Waals surface area contributed by atoms with Crippen LogP contribution in [0.4, 0.5) is 0 Å². The number of allylic oxidation sites excluding steroid dienone is 4. The maximum absolute atomic E-state index is 13.7. The van der Waals surface area contributed by atoms with Crippen LogP contribution in [0.15, 0.2) is 70.8 Å². The summed E-state index contributed by atoms with van der Waals surface area (Å²) >= 11 is 0. The minimum absolute atomic E-state index is 0.00750. The summed E-state index contributed by atoms with van der Waals surface area (Å²) in [5.41, 5.74) is 13.4. The van der Waals surface area contributed by atoms with Crippen molar-refractivity contribution < 1.29 is 19.1 Å². The van der Waals surface area contributed by atoms with E-state index in [-0.39, 0.29) is 21.7 Å². The smallest absolute Gasteiger partial charge is 0.160 e. The summed E-state index contributed by atoms with van der Waals surface area (Å²) in [6.07, 6.45) is 8.10. The summed E-state index contributed by atoms with van der Waals surface area (Å²) in [4.78, 5) is 27.5. The Kier molecular flexibility index (Phi) is 9.42. The Morgan fingerprint density at radius 2 is 0.967 bits per heavy atom. The van der Waals surface area contributed by atoms with Gasteiger partial charge in [0.2, 0.25) is 0 Å². The lowest BCUT2D eigenvalue weighted by atomic mass is 9.55. The molecule has 2 aromatic carbocycles. The molecule has 0 bridgehead atoms. The van der Waals surface area contributed by atoms with Crippen molar-refractivity contribution in [3.8, 4) is 11.5 Å². The molecule has 4 aromatic rings. The molecule has 2 aromatic heterocycles. The highest BCUT2D eigenvalue weighted by atomic mass is 16.5. The number of H-pyrrole nitrogens is 2. The first-order chi connectivity index (χ1) is 28.2. The molecule has 8 heteroatoms. The first-order valence-corrected chi connectivity index (χ1v) is 22.3. The number of carbonyl (C=O) groups excluding carboxylic acids is 2. The van der Waals surface area contributed by atoms with E-state index in [4.69, 9.17) is 19.7 Å². The minimum atomic E-state index is -0.446. The first kappa shape index (κ1) is 40.7. The van der Waals surface area contributed by atoms with Crippen molar-refractivity contribution in [1.82, 2.24) is 20.4 Å². The normalized spacial score (nSPS) is 24.9. The Hall–Kier alpha value is -4.72. The number of carbonyl (C=O) groups is 2. The number of ether oxygens (including phenoxy) is 2. The SMILES string of the molecule is CC(C)(C)Cc1n[nH]c2c1[C@@]1(CCOc3ccccc31)C1=C(C2)CC(C)(C)CC1=O.CC(C)(C)Cc1n[nH]c2c1[C@]1(CCOc3ccccc31)C1=C(C2)CC(C)(C)CC1=O. The van der Waals surface area contributed by atoms with E-state index in [0.29, 0.717) is 37.6 Å². The molecular weight excluding hydrogens is 745 g/mol. The van der Waals surface area contributed by atoms with Crippen molar-refractivity contribution in [2.75, 3.05) is 13.2 Å². The van der Waals surface area contributed by atoms with Crippen LogP contribution < -0.4 is 9.47 Å². The van der Waals surface area contributed by atoms with Crippen molar-refractivity contribution in [3.05, 3.63) is 116 Å². The fourth-order valence-electron chi connectivity index (χ4n) is 12.1. The monoisotopic (exact) mass is 808 g/mol. The van der Waals surface area contributed by atoms with E-state index in [9.17, 15) is 9.59 Å². The molecule has 0 amide bonds. The van der Waals surface area contributed by atoms with Gasteiger partial charge in [-0.25, -0.2) is 0 Å². The van der Waals surface area contributed by atoms with E-state index >= 15 is 0 Å². The van der Waals surface area contributed by atoms with Crippen LogP contribution in [0.2, 0.25) is 0 Å². The van der Waals surface area contributed by atoms with E-state index in [0.717, 1.165) is 96.5 Å². The van der Waals surface area contributed by atoms with Crippen LogP contribution in [0.25, 0.3) is 0 Å². The predicted molar refractivity (Wildman–Crippen MR) is 236 cm³/mol. The molecule has 2 spiro atoms. The van der Waals surface area contributed by atoms with Crippen LogP contribution >= 0.6 is 0 Å². The summed E-state index contributed by atoms with van der Waals surface area (Å²) < 4.78 is 12.1. The van der Waals surface area contributed by atoms with Crippen LogP contribution in [0, 0.1) is 21.7 Å². The Morgan fingerprint density at radius 1 is 0.583 bits per heavy atom. The van der Waals surface area contributed by atoms with Crippen molar-refractivity contribution in [3.63, 3.8) is 0 Å². The zero-order chi connectivity index (χ0) is 42.6. The summed E-state index contributed by atoms with van der Waals surface area (Å²) in [6, 6.07) is 16.6. The fraction of sp³-hybridized carbons (Fsp3) is 0.538. The molecule has 60 heavy (non-hydrogen) atoms. The molecule has 0 saturated carbocycles. The molecule has 4 aliphatic carbocycles. The molecule has 10 rings (SSSR count). The van der Waals surface area contributed by atoms with Gasteiger partial charge in [0.05, 0.1) is 35.4 Å².